The largest absolute Gasteiger partial charge is 0.756 e. The van der Waals surface area contributed by atoms with E-state index in [9.17, 15) is 19.0 Å². The minimum atomic E-state index is -4.70. The minimum Gasteiger partial charge on any atom is -0.756 e. The first kappa shape index (κ1) is 69.2. The molecule has 1 amide bonds. The highest BCUT2D eigenvalue weighted by molar-refractivity contribution is 7.45. The number of likely N-dealkylation sites (N-methyl/N-ethyl adjacent to an activating group) is 1. The predicted molar refractivity (Wildman–Crippen MR) is 303 cm³/mol. The third kappa shape index (κ3) is 52.9. The van der Waals surface area contributed by atoms with E-state index < -0.39 is 26.6 Å². The first-order chi connectivity index (χ1) is 34.4. The second kappa shape index (κ2) is 51.7. The lowest BCUT2D eigenvalue weighted by Gasteiger charge is -2.30. The number of phosphoric ester groups is 1. The highest BCUT2D eigenvalue weighted by Gasteiger charge is 2.27. The molecule has 0 saturated heterocycles. The van der Waals surface area contributed by atoms with Gasteiger partial charge in [0.05, 0.1) is 33.8 Å². The standard InChI is InChI=1S/C61H117N2O7P/c1-7-10-13-16-19-22-25-28-29-30-31-32-33-36-39-42-45-48-51-54-61(65)70-59(52-49-46-43-40-37-34-26-23-20-17-14-11-8-2)58(57-69-71(66,67)68-56-55-63(4,5)6)62-60(64)53-50-47-44-41-38-35-27-24-21-18-15-12-9-3/h35,38,44,47,49,52,58-59H,7-34,36-37,39-43,45-46,48,50-51,53-57H2,1-6H3,(H-,62,64,66,67)/b38-35-,47-44+,52-49-. The summed E-state index contributed by atoms with van der Waals surface area (Å²) in [7, 11) is 1.16. The molecule has 0 saturated carbocycles. The molecule has 3 atom stereocenters. The van der Waals surface area contributed by atoms with Crippen molar-refractivity contribution < 1.29 is 37.3 Å². The average molecular weight is 1020 g/mol. The van der Waals surface area contributed by atoms with Crippen molar-refractivity contribution in [3.05, 3.63) is 36.5 Å². The summed E-state index contributed by atoms with van der Waals surface area (Å²) in [5.74, 6) is -0.607. The Labute approximate surface area is 440 Å². The van der Waals surface area contributed by atoms with Crippen molar-refractivity contribution in [2.75, 3.05) is 40.9 Å². The average Bonchev–Trinajstić information content (AvgIpc) is 3.33. The van der Waals surface area contributed by atoms with E-state index in [0.717, 1.165) is 51.4 Å². The normalized spacial score (nSPS) is 14.0. The Kier molecular flexibility index (Phi) is 50.4. The number of hydrogen-bond acceptors (Lipinski definition) is 7. The van der Waals surface area contributed by atoms with Crippen LogP contribution >= 0.6 is 7.82 Å². The van der Waals surface area contributed by atoms with Gasteiger partial charge in [-0.05, 0) is 51.0 Å². The van der Waals surface area contributed by atoms with E-state index in [-0.39, 0.29) is 31.3 Å². The number of ether oxygens (including phenoxy) is 1. The van der Waals surface area contributed by atoms with Crippen molar-refractivity contribution in [2.24, 2.45) is 0 Å². The Hall–Kier alpha value is -1.77. The van der Waals surface area contributed by atoms with Crippen molar-refractivity contribution in [3.63, 3.8) is 0 Å². The first-order valence-corrected chi connectivity index (χ1v) is 31.8. The number of esters is 1. The maximum Gasteiger partial charge on any atom is 0.306 e. The molecule has 0 aliphatic rings. The van der Waals surface area contributed by atoms with Gasteiger partial charge in [0.15, 0.2) is 0 Å². The zero-order valence-electron chi connectivity index (χ0n) is 47.7. The second-order valence-corrected chi connectivity index (χ2v) is 23.3. The number of allylic oxidation sites excluding steroid dienone is 5. The molecule has 1 N–H and O–H groups in total. The molecule has 10 heteroatoms. The van der Waals surface area contributed by atoms with E-state index in [2.05, 4.69) is 44.3 Å². The van der Waals surface area contributed by atoms with Gasteiger partial charge in [0.2, 0.25) is 5.91 Å². The summed E-state index contributed by atoms with van der Waals surface area (Å²) in [6.07, 6.45) is 61.3. The van der Waals surface area contributed by atoms with Gasteiger partial charge in [-0.25, -0.2) is 0 Å². The number of carbonyl (C=O) groups is 2. The van der Waals surface area contributed by atoms with Crippen LogP contribution in [0.15, 0.2) is 36.5 Å². The number of nitrogens with zero attached hydrogens (tertiary/aromatic N) is 1. The molecular weight excluding hydrogens is 904 g/mol. The van der Waals surface area contributed by atoms with Crippen LogP contribution in [0.1, 0.15) is 290 Å². The Balaban J connectivity index is 5.31. The van der Waals surface area contributed by atoms with Gasteiger partial charge in [-0.2, -0.15) is 0 Å². The fourth-order valence-electron chi connectivity index (χ4n) is 8.87. The molecule has 71 heavy (non-hydrogen) atoms. The number of amides is 1. The van der Waals surface area contributed by atoms with Crippen LogP contribution in [-0.2, 0) is 27.9 Å². The molecule has 0 spiro atoms. The lowest BCUT2D eigenvalue weighted by Crippen LogP contribution is -2.47. The Morgan fingerprint density at radius 1 is 0.493 bits per heavy atom. The van der Waals surface area contributed by atoms with Crippen molar-refractivity contribution in [3.8, 4) is 0 Å². The van der Waals surface area contributed by atoms with E-state index in [4.69, 9.17) is 13.8 Å². The lowest BCUT2D eigenvalue weighted by molar-refractivity contribution is -0.870. The van der Waals surface area contributed by atoms with Crippen molar-refractivity contribution in [2.45, 2.75) is 303 Å². The van der Waals surface area contributed by atoms with Crippen LogP contribution in [0.3, 0.4) is 0 Å². The Morgan fingerprint density at radius 2 is 0.873 bits per heavy atom. The molecular formula is C61H117N2O7P. The zero-order valence-corrected chi connectivity index (χ0v) is 48.6. The van der Waals surface area contributed by atoms with E-state index >= 15 is 0 Å². The summed E-state index contributed by atoms with van der Waals surface area (Å²) in [6, 6.07) is -0.914. The molecule has 0 aromatic heterocycles. The molecule has 0 bridgehead atoms. The van der Waals surface area contributed by atoms with Gasteiger partial charge in [-0.15, -0.1) is 0 Å². The van der Waals surface area contributed by atoms with Gasteiger partial charge in [-0.1, -0.05) is 263 Å². The molecule has 0 fully saturated rings. The van der Waals surface area contributed by atoms with Crippen molar-refractivity contribution in [1.82, 2.24) is 5.32 Å². The number of carbonyl (C=O) groups excluding carboxylic acids is 2. The third-order valence-electron chi connectivity index (χ3n) is 13.6. The number of quaternary nitrogens is 1. The van der Waals surface area contributed by atoms with Gasteiger partial charge >= 0.3 is 5.97 Å². The maximum atomic E-state index is 13.4. The summed E-state index contributed by atoms with van der Waals surface area (Å²) >= 11 is 0. The number of phosphoric acid groups is 1. The summed E-state index contributed by atoms with van der Waals surface area (Å²) in [5.41, 5.74) is 0. The number of nitrogens with one attached hydrogen (secondary N) is 1. The second-order valence-electron chi connectivity index (χ2n) is 21.9. The molecule has 0 radical (unpaired) electrons. The highest BCUT2D eigenvalue weighted by Crippen LogP contribution is 2.38. The summed E-state index contributed by atoms with van der Waals surface area (Å²) in [4.78, 5) is 39.8. The predicted octanol–water partition coefficient (Wildman–Crippen LogP) is 17.7. The topological polar surface area (TPSA) is 114 Å². The van der Waals surface area contributed by atoms with Gasteiger partial charge in [0, 0.05) is 12.8 Å². The summed E-state index contributed by atoms with van der Waals surface area (Å²) in [6.45, 7) is 6.82. The molecule has 0 aliphatic heterocycles. The monoisotopic (exact) mass is 1020 g/mol. The van der Waals surface area contributed by atoms with E-state index in [0.29, 0.717) is 17.4 Å². The lowest BCUT2D eigenvalue weighted by atomic mass is 10.0. The number of rotatable bonds is 55. The molecule has 418 valence electrons. The molecule has 3 unspecified atom stereocenters. The molecule has 0 aromatic rings. The number of unbranched alkanes of at least 4 members (excludes halogenated alkanes) is 35. The van der Waals surface area contributed by atoms with E-state index in [1.54, 1.807) is 0 Å². The molecule has 0 aromatic carbocycles. The zero-order chi connectivity index (χ0) is 52.2. The fraction of sp³-hybridized carbons (Fsp3) is 0.869. The van der Waals surface area contributed by atoms with Crippen molar-refractivity contribution >= 4 is 19.7 Å². The molecule has 9 nitrogen and oxygen atoms in total. The Bertz CT molecular complexity index is 1310. The first-order valence-electron chi connectivity index (χ1n) is 30.3. The smallest absolute Gasteiger partial charge is 0.306 e. The van der Waals surface area contributed by atoms with Gasteiger partial charge in [-0.3, -0.25) is 14.2 Å². The highest BCUT2D eigenvalue weighted by atomic mass is 31.2. The Morgan fingerprint density at radius 3 is 1.30 bits per heavy atom. The summed E-state index contributed by atoms with van der Waals surface area (Å²) < 4.78 is 30.2. The van der Waals surface area contributed by atoms with Crippen LogP contribution in [0.4, 0.5) is 0 Å². The van der Waals surface area contributed by atoms with Crippen LogP contribution < -0.4 is 10.2 Å². The molecule has 0 rings (SSSR count). The van der Waals surface area contributed by atoms with Crippen LogP contribution in [0.5, 0.6) is 0 Å². The van der Waals surface area contributed by atoms with E-state index in [1.807, 2.05) is 39.4 Å². The molecule has 0 aliphatic carbocycles. The van der Waals surface area contributed by atoms with Crippen LogP contribution in [0.2, 0.25) is 0 Å². The van der Waals surface area contributed by atoms with Crippen LogP contribution in [0, 0.1) is 0 Å². The molecule has 0 heterocycles. The van der Waals surface area contributed by atoms with Gasteiger partial charge in [0.25, 0.3) is 7.82 Å². The van der Waals surface area contributed by atoms with Crippen LogP contribution in [-0.4, -0.2) is 69.4 Å². The van der Waals surface area contributed by atoms with Crippen LogP contribution in [0.25, 0.3) is 0 Å². The maximum absolute atomic E-state index is 13.4. The third-order valence-corrected chi connectivity index (χ3v) is 14.6. The summed E-state index contributed by atoms with van der Waals surface area (Å²) in [5, 5.41) is 2.99. The SMILES string of the molecule is CCCCCCCC/C=C\C/C=C/CCC(=O)NC(COP(=O)([O-])OCC[N+](C)(C)C)C(/C=C\CCCCCCCCCCCCC)OC(=O)CCCCCCCCCCCCCCCCCCCCC. The fourth-order valence-corrected chi connectivity index (χ4v) is 9.59. The van der Waals surface area contributed by atoms with Gasteiger partial charge in [0.1, 0.15) is 19.3 Å². The number of hydrogen-bond donors (Lipinski definition) is 1. The van der Waals surface area contributed by atoms with Gasteiger partial charge < -0.3 is 28.5 Å². The minimum absolute atomic E-state index is 0.0292. The van der Waals surface area contributed by atoms with E-state index in [1.165, 1.54) is 199 Å². The van der Waals surface area contributed by atoms with Crippen molar-refractivity contribution in [1.29, 1.82) is 0 Å². The quantitative estimate of drug-likeness (QED) is 0.0212.